The van der Waals surface area contributed by atoms with E-state index in [0.29, 0.717) is 5.75 Å². The highest BCUT2D eigenvalue weighted by molar-refractivity contribution is 9.10. The minimum absolute atomic E-state index is 0.0818. The summed E-state index contributed by atoms with van der Waals surface area (Å²) in [4.78, 5) is 0. The Kier molecular flexibility index (Phi) is 4.73. The van der Waals surface area contributed by atoms with Gasteiger partial charge in [0.25, 0.3) is 0 Å². The van der Waals surface area contributed by atoms with Crippen LogP contribution in [0.1, 0.15) is 17.2 Å². The summed E-state index contributed by atoms with van der Waals surface area (Å²) in [7, 11) is 1.56. The summed E-state index contributed by atoms with van der Waals surface area (Å²) in [5, 5.41) is 10.1. The molecular weight excluding hydrogens is 330 g/mol. The fourth-order valence-corrected chi connectivity index (χ4v) is 2.53. The summed E-state index contributed by atoms with van der Waals surface area (Å²) >= 11 is 3.35. The molecule has 2 aromatic carbocycles. The van der Waals surface area contributed by atoms with Gasteiger partial charge in [0.15, 0.2) is 0 Å². The maximum absolute atomic E-state index is 13.6. The van der Waals surface area contributed by atoms with Gasteiger partial charge in [-0.15, -0.1) is 0 Å². The van der Waals surface area contributed by atoms with Crippen LogP contribution in [0.15, 0.2) is 40.9 Å². The average molecular weight is 343 g/mol. The van der Waals surface area contributed by atoms with Crippen molar-refractivity contribution in [3.63, 3.8) is 0 Å². The van der Waals surface area contributed by atoms with E-state index >= 15 is 0 Å². The Hall–Kier alpha value is -1.46. The Morgan fingerprint density at radius 2 is 1.95 bits per heavy atom. The zero-order valence-corrected chi connectivity index (χ0v) is 12.3. The number of hydrogen-bond acceptors (Lipinski definition) is 2. The second-order valence-electron chi connectivity index (χ2n) is 4.35. The van der Waals surface area contributed by atoms with Gasteiger partial charge in [-0.3, -0.25) is 0 Å². The summed E-state index contributed by atoms with van der Waals surface area (Å²) in [5.41, 5.74) is 0.896. The predicted molar refractivity (Wildman–Crippen MR) is 75.7 cm³/mol. The van der Waals surface area contributed by atoms with Crippen molar-refractivity contribution >= 4 is 15.9 Å². The van der Waals surface area contributed by atoms with E-state index in [9.17, 15) is 13.9 Å². The van der Waals surface area contributed by atoms with Crippen molar-refractivity contribution in [3.8, 4) is 5.75 Å². The summed E-state index contributed by atoms with van der Waals surface area (Å²) in [6, 6.07) is 8.49. The molecule has 2 nitrogen and oxygen atoms in total. The van der Waals surface area contributed by atoms with Crippen LogP contribution in [0.3, 0.4) is 0 Å². The van der Waals surface area contributed by atoms with Gasteiger partial charge < -0.3 is 9.84 Å². The van der Waals surface area contributed by atoms with Gasteiger partial charge >= 0.3 is 0 Å². The Balaban J connectivity index is 2.18. The SMILES string of the molecule is COc1ccc(CC(O)c2ccc(F)cc2F)cc1Br. The van der Waals surface area contributed by atoms with Crippen LogP contribution in [-0.4, -0.2) is 12.2 Å². The molecule has 106 valence electrons. The Morgan fingerprint density at radius 3 is 2.55 bits per heavy atom. The Bertz CT molecular complexity index is 617. The van der Waals surface area contributed by atoms with E-state index in [1.54, 1.807) is 25.3 Å². The number of benzene rings is 2. The topological polar surface area (TPSA) is 29.5 Å². The van der Waals surface area contributed by atoms with E-state index in [1.165, 1.54) is 6.07 Å². The first-order chi connectivity index (χ1) is 9.51. The molecule has 0 radical (unpaired) electrons. The maximum Gasteiger partial charge on any atom is 0.133 e. The lowest BCUT2D eigenvalue weighted by Gasteiger charge is -2.13. The number of hydrogen-bond donors (Lipinski definition) is 1. The van der Waals surface area contributed by atoms with Crippen molar-refractivity contribution < 1.29 is 18.6 Å². The first kappa shape index (κ1) is 14.9. The zero-order valence-electron chi connectivity index (χ0n) is 10.7. The fraction of sp³-hybridized carbons (Fsp3) is 0.200. The third-order valence-corrected chi connectivity index (χ3v) is 3.59. The van der Waals surface area contributed by atoms with Gasteiger partial charge in [-0.05, 0) is 39.7 Å². The third kappa shape index (κ3) is 3.35. The van der Waals surface area contributed by atoms with Crippen LogP contribution in [-0.2, 0) is 6.42 Å². The van der Waals surface area contributed by atoms with Gasteiger partial charge in [0, 0.05) is 18.1 Å². The molecule has 1 atom stereocenters. The number of aliphatic hydroxyl groups is 1. The first-order valence-corrected chi connectivity index (χ1v) is 6.76. The smallest absolute Gasteiger partial charge is 0.133 e. The fourth-order valence-electron chi connectivity index (χ4n) is 1.94. The minimum atomic E-state index is -1.03. The largest absolute Gasteiger partial charge is 0.496 e. The van der Waals surface area contributed by atoms with Crippen molar-refractivity contribution in [2.75, 3.05) is 7.11 Å². The highest BCUT2D eigenvalue weighted by atomic mass is 79.9. The van der Waals surface area contributed by atoms with Gasteiger partial charge in [0.05, 0.1) is 17.7 Å². The van der Waals surface area contributed by atoms with Gasteiger partial charge in [-0.2, -0.15) is 0 Å². The lowest BCUT2D eigenvalue weighted by atomic mass is 10.0. The summed E-state index contributed by atoms with van der Waals surface area (Å²) in [6.07, 6.45) is -0.804. The molecule has 2 aromatic rings. The van der Waals surface area contributed by atoms with Gasteiger partial charge in [0.2, 0.25) is 0 Å². The molecule has 5 heteroatoms. The number of aliphatic hydroxyl groups excluding tert-OH is 1. The highest BCUT2D eigenvalue weighted by Gasteiger charge is 2.15. The van der Waals surface area contributed by atoms with Crippen molar-refractivity contribution in [2.45, 2.75) is 12.5 Å². The second-order valence-corrected chi connectivity index (χ2v) is 5.21. The quantitative estimate of drug-likeness (QED) is 0.909. The number of methoxy groups -OCH3 is 1. The molecule has 0 amide bonds. The number of rotatable bonds is 4. The molecule has 2 rings (SSSR count). The van der Waals surface area contributed by atoms with E-state index in [0.717, 1.165) is 22.2 Å². The van der Waals surface area contributed by atoms with Crippen LogP contribution in [0, 0.1) is 11.6 Å². The summed E-state index contributed by atoms with van der Waals surface area (Å²) in [6.45, 7) is 0. The molecule has 0 saturated carbocycles. The molecule has 0 aliphatic heterocycles. The van der Waals surface area contributed by atoms with E-state index in [-0.39, 0.29) is 12.0 Å². The molecule has 0 aliphatic rings. The monoisotopic (exact) mass is 342 g/mol. The summed E-state index contributed by atoms with van der Waals surface area (Å²) < 4.78 is 32.3. The van der Waals surface area contributed by atoms with Crippen LogP contribution in [0.2, 0.25) is 0 Å². The van der Waals surface area contributed by atoms with Crippen molar-refractivity contribution in [3.05, 3.63) is 63.6 Å². The van der Waals surface area contributed by atoms with Crippen LogP contribution in [0.5, 0.6) is 5.75 Å². The highest BCUT2D eigenvalue weighted by Crippen LogP contribution is 2.28. The standard InChI is InChI=1S/C15H13BrF2O2/c1-20-15-5-2-9(6-12(15)16)7-14(19)11-4-3-10(17)8-13(11)18/h2-6,8,14,19H,7H2,1H3. The van der Waals surface area contributed by atoms with Crippen molar-refractivity contribution in [2.24, 2.45) is 0 Å². The molecule has 0 heterocycles. The second kappa shape index (κ2) is 6.33. The minimum Gasteiger partial charge on any atom is -0.496 e. The maximum atomic E-state index is 13.6. The molecule has 0 saturated heterocycles. The van der Waals surface area contributed by atoms with Gasteiger partial charge in [-0.25, -0.2) is 8.78 Å². The van der Waals surface area contributed by atoms with Gasteiger partial charge in [0.1, 0.15) is 17.4 Å². The molecule has 1 N–H and O–H groups in total. The predicted octanol–water partition coefficient (Wildman–Crippen LogP) is 4.01. The van der Waals surface area contributed by atoms with Gasteiger partial charge in [-0.1, -0.05) is 12.1 Å². The van der Waals surface area contributed by atoms with E-state index < -0.39 is 17.7 Å². The molecule has 0 fully saturated rings. The molecule has 0 aliphatic carbocycles. The average Bonchev–Trinajstić information content (AvgIpc) is 2.38. The van der Waals surface area contributed by atoms with Crippen LogP contribution in [0.4, 0.5) is 8.78 Å². The molecule has 1 unspecified atom stereocenters. The molecule has 20 heavy (non-hydrogen) atoms. The molecule has 0 aromatic heterocycles. The van der Waals surface area contributed by atoms with E-state index in [1.807, 2.05) is 0 Å². The van der Waals surface area contributed by atoms with E-state index in [4.69, 9.17) is 4.74 Å². The zero-order chi connectivity index (χ0) is 14.7. The molecule has 0 bridgehead atoms. The van der Waals surface area contributed by atoms with Crippen molar-refractivity contribution in [1.82, 2.24) is 0 Å². The first-order valence-electron chi connectivity index (χ1n) is 5.96. The van der Waals surface area contributed by atoms with Crippen LogP contribution < -0.4 is 4.74 Å². The summed E-state index contributed by atoms with van der Waals surface area (Å²) in [5.74, 6) is -0.730. The number of ether oxygens (including phenoxy) is 1. The van der Waals surface area contributed by atoms with E-state index in [2.05, 4.69) is 15.9 Å². The molecular formula is C15H13BrF2O2. The number of halogens is 3. The lowest BCUT2D eigenvalue weighted by Crippen LogP contribution is -2.05. The van der Waals surface area contributed by atoms with Crippen LogP contribution >= 0.6 is 15.9 Å². The van der Waals surface area contributed by atoms with Crippen molar-refractivity contribution in [1.29, 1.82) is 0 Å². The normalized spacial score (nSPS) is 12.2. The molecule has 0 spiro atoms. The lowest BCUT2D eigenvalue weighted by molar-refractivity contribution is 0.173. The van der Waals surface area contributed by atoms with Crippen LogP contribution in [0.25, 0.3) is 0 Å². The Labute approximate surface area is 124 Å². The third-order valence-electron chi connectivity index (χ3n) is 2.97. The Morgan fingerprint density at radius 1 is 1.20 bits per heavy atom.